The van der Waals surface area contributed by atoms with Crippen molar-refractivity contribution in [1.29, 1.82) is 0 Å². The molecule has 1 aliphatic rings. The topological polar surface area (TPSA) is 104 Å². The molecule has 0 heterocycles. The van der Waals surface area contributed by atoms with Crippen molar-refractivity contribution >= 4 is 34.8 Å². The van der Waals surface area contributed by atoms with Gasteiger partial charge in [0.25, 0.3) is 5.69 Å². The Labute approximate surface area is 165 Å². The van der Waals surface area contributed by atoms with Gasteiger partial charge >= 0.3 is 5.97 Å². The first-order chi connectivity index (χ1) is 13.4. The molecule has 28 heavy (non-hydrogen) atoms. The number of nitro benzene ring substituents is 1. The minimum absolute atomic E-state index is 0.00322. The number of ketones is 2. The molecule has 7 nitrogen and oxygen atoms in total. The Balaban J connectivity index is 1.90. The molecule has 0 amide bonds. The number of nitrogens with zero attached hydrogens (tertiary/aromatic N) is 1. The van der Waals surface area contributed by atoms with Crippen molar-refractivity contribution in [3.05, 3.63) is 74.3 Å². The van der Waals surface area contributed by atoms with Crippen molar-refractivity contribution in [3.63, 3.8) is 0 Å². The highest BCUT2D eigenvalue weighted by Gasteiger charge is 2.28. The van der Waals surface area contributed by atoms with Crippen LogP contribution in [0.25, 0.3) is 0 Å². The molecular weight excluding hydrogens is 386 g/mol. The first kappa shape index (κ1) is 19.7. The molecule has 1 saturated carbocycles. The second kappa shape index (κ2) is 8.31. The lowest BCUT2D eigenvalue weighted by atomic mass is 9.95. The fraction of sp³-hybridized carbons (Fsp3) is 0.250. The molecule has 1 atom stereocenters. The van der Waals surface area contributed by atoms with Crippen LogP contribution in [0.15, 0.2) is 42.5 Å². The van der Waals surface area contributed by atoms with E-state index in [9.17, 15) is 24.5 Å². The number of nitro groups is 1. The Bertz CT molecular complexity index is 971. The van der Waals surface area contributed by atoms with Crippen molar-refractivity contribution in [3.8, 4) is 0 Å². The summed E-state index contributed by atoms with van der Waals surface area (Å²) in [4.78, 5) is 47.8. The summed E-state index contributed by atoms with van der Waals surface area (Å²) in [6, 6.07) is 9.67. The number of esters is 1. The molecular formula is C20H16ClNO6. The number of rotatable bonds is 5. The zero-order chi connectivity index (χ0) is 20.3. The first-order valence-electron chi connectivity index (χ1n) is 8.70. The molecule has 8 heteroatoms. The summed E-state index contributed by atoms with van der Waals surface area (Å²) in [7, 11) is 0. The highest BCUT2D eigenvalue weighted by molar-refractivity contribution is 6.33. The van der Waals surface area contributed by atoms with E-state index in [1.54, 1.807) is 12.1 Å². The number of carbonyl (C=O) groups excluding carboxylic acids is 3. The average molecular weight is 402 g/mol. The van der Waals surface area contributed by atoms with Gasteiger partial charge in [0.1, 0.15) is 5.02 Å². The Hall–Kier alpha value is -3.06. The van der Waals surface area contributed by atoms with Crippen molar-refractivity contribution in [2.45, 2.75) is 31.8 Å². The smallest absolute Gasteiger partial charge is 0.339 e. The molecule has 2 aromatic carbocycles. The van der Waals surface area contributed by atoms with Crippen LogP contribution in [-0.4, -0.2) is 28.6 Å². The van der Waals surface area contributed by atoms with Crippen LogP contribution in [0.2, 0.25) is 5.02 Å². The average Bonchev–Trinajstić information content (AvgIpc) is 2.69. The molecule has 0 bridgehead atoms. The van der Waals surface area contributed by atoms with Gasteiger partial charge in [-0.25, -0.2) is 4.79 Å². The van der Waals surface area contributed by atoms with Gasteiger partial charge in [-0.3, -0.25) is 19.7 Å². The van der Waals surface area contributed by atoms with E-state index >= 15 is 0 Å². The van der Waals surface area contributed by atoms with Gasteiger partial charge in [-0.1, -0.05) is 29.8 Å². The monoisotopic (exact) mass is 401 g/mol. The van der Waals surface area contributed by atoms with Crippen LogP contribution < -0.4 is 0 Å². The van der Waals surface area contributed by atoms with Crippen molar-refractivity contribution in [2.24, 2.45) is 0 Å². The summed E-state index contributed by atoms with van der Waals surface area (Å²) in [6.07, 6.45) is 1.59. The van der Waals surface area contributed by atoms with Gasteiger partial charge < -0.3 is 4.74 Å². The van der Waals surface area contributed by atoms with Crippen LogP contribution in [0.1, 0.15) is 52.0 Å². The van der Waals surface area contributed by atoms with Crippen molar-refractivity contribution < 1.29 is 24.0 Å². The maximum absolute atomic E-state index is 12.9. The number of benzene rings is 2. The van der Waals surface area contributed by atoms with Crippen LogP contribution in [-0.2, 0) is 9.53 Å². The van der Waals surface area contributed by atoms with Gasteiger partial charge in [0.2, 0.25) is 0 Å². The van der Waals surface area contributed by atoms with Crippen LogP contribution in [0, 0.1) is 10.1 Å². The molecule has 144 valence electrons. The molecule has 0 saturated heterocycles. The second-order valence-electron chi connectivity index (χ2n) is 6.40. The zero-order valence-corrected chi connectivity index (χ0v) is 15.5. The Morgan fingerprint density at radius 3 is 2.50 bits per heavy atom. The lowest BCUT2D eigenvalue weighted by molar-refractivity contribution is -0.384. The lowest BCUT2D eigenvalue weighted by Gasteiger charge is -2.21. The summed E-state index contributed by atoms with van der Waals surface area (Å²) in [6.45, 7) is 0. The number of hydrogen-bond acceptors (Lipinski definition) is 6. The van der Waals surface area contributed by atoms with E-state index in [0.29, 0.717) is 12.8 Å². The number of halogens is 1. The highest BCUT2D eigenvalue weighted by Crippen LogP contribution is 2.27. The third-order valence-electron chi connectivity index (χ3n) is 4.54. The first-order valence-corrected chi connectivity index (χ1v) is 9.07. The van der Waals surface area contributed by atoms with Crippen LogP contribution in [0.3, 0.4) is 0 Å². The largest absolute Gasteiger partial charge is 0.451 e. The van der Waals surface area contributed by atoms with E-state index in [1.807, 2.05) is 0 Å². The second-order valence-corrected chi connectivity index (χ2v) is 6.81. The maximum Gasteiger partial charge on any atom is 0.339 e. The van der Waals surface area contributed by atoms with E-state index in [1.165, 1.54) is 24.3 Å². The summed E-state index contributed by atoms with van der Waals surface area (Å²) in [5.41, 5.74) is -0.346. The van der Waals surface area contributed by atoms with E-state index in [-0.39, 0.29) is 27.5 Å². The van der Waals surface area contributed by atoms with Crippen molar-refractivity contribution in [2.75, 3.05) is 0 Å². The molecule has 3 rings (SSSR count). The summed E-state index contributed by atoms with van der Waals surface area (Å²) in [5.74, 6) is -1.48. The predicted octanol–water partition coefficient (Wildman–Crippen LogP) is 4.15. The van der Waals surface area contributed by atoms with Gasteiger partial charge in [0, 0.05) is 23.6 Å². The molecule has 0 aliphatic heterocycles. The molecule has 0 radical (unpaired) electrons. The van der Waals surface area contributed by atoms with Crippen LogP contribution in [0.5, 0.6) is 0 Å². The van der Waals surface area contributed by atoms with Gasteiger partial charge in [-0.15, -0.1) is 0 Å². The van der Waals surface area contributed by atoms with Gasteiger partial charge in [0.15, 0.2) is 17.7 Å². The summed E-state index contributed by atoms with van der Waals surface area (Å²) in [5, 5.41) is 11.0. The molecule has 1 fully saturated rings. The fourth-order valence-corrected chi connectivity index (χ4v) is 3.26. The van der Waals surface area contributed by atoms with Crippen molar-refractivity contribution in [1.82, 2.24) is 0 Å². The molecule has 0 aromatic heterocycles. The van der Waals surface area contributed by atoms with E-state index in [0.717, 1.165) is 18.9 Å². The number of carbonyl (C=O) groups is 3. The minimum atomic E-state index is -0.805. The normalized spacial score (nSPS) is 16.5. The third kappa shape index (κ3) is 4.09. The van der Waals surface area contributed by atoms with Gasteiger partial charge in [-0.2, -0.15) is 0 Å². The maximum atomic E-state index is 12.9. The lowest BCUT2D eigenvalue weighted by Crippen LogP contribution is -2.30. The zero-order valence-electron chi connectivity index (χ0n) is 14.7. The summed E-state index contributed by atoms with van der Waals surface area (Å²) >= 11 is 5.79. The Morgan fingerprint density at radius 1 is 1.11 bits per heavy atom. The number of ether oxygens (including phenoxy) is 1. The third-order valence-corrected chi connectivity index (χ3v) is 4.86. The van der Waals surface area contributed by atoms with Crippen LogP contribution >= 0.6 is 11.6 Å². The van der Waals surface area contributed by atoms with E-state index in [2.05, 4.69) is 0 Å². The molecule has 2 aromatic rings. The Morgan fingerprint density at radius 2 is 1.82 bits per heavy atom. The van der Waals surface area contributed by atoms with E-state index in [4.69, 9.17) is 16.3 Å². The minimum Gasteiger partial charge on any atom is -0.451 e. The molecule has 1 aliphatic carbocycles. The highest BCUT2D eigenvalue weighted by atomic mass is 35.5. The quantitative estimate of drug-likeness (QED) is 0.322. The van der Waals surface area contributed by atoms with Gasteiger partial charge in [0.05, 0.1) is 10.5 Å². The molecule has 0 N–H and O–H groups in total. The predicted molar refractivity (Wildman–Crippen MR) is 101 cm³/mol. The molecule has 1 unspecified atom stereocenters. The van der Waals surface area contributed by atoms with E-state index < -0.39 is 28.5 Å². The number of Topliss-reactive ketones (excluding diaryl/α,β-unsaturated/α-hetero) is 1. The standard InChI is InChI=1S/C20H16ClNO6/c21-15-10-9-12(11-16(15)22(26)27)19(24)13-5-1-2-6-14(13)20(25)28-18-8-4-3-7-17(18)23/h1-2,5-6,9-11,18H,3-4,7-8H2. The molecule has 0 spiro atoms. The Kier molecular flexibility index (Phi) is 5.84. The van der Waals surface area contributed by atoms with Gasteiger partial charge in [-0.05, 0) is 37.5 Å². The SMILES string of the molecule is O=C(OC1CCCCC1=O)c1ccccc1C(=O)c1ccc(Cl)c([N+](=O)[O-])c1. The van der Waals surface area contributed by atoms with Crippen LogP contribution in [0.4, 0.5) is 5.69 Å². The number of hydrogen-bond donors (Lipinski definition) is 0. The summed E-state index contributed by atoms with van der Waals surface area (Å²) < 4.78 is 5.33. The fourth-order valence-electron chi connectivity index (χ4n) is 3.08.